The maximum absolute atomic E-state index is 11.5. The summed E-state index contributed by atoms with van der Waals surface area (Å²) in [6, 6.07) is 14.9. The van der Waals surface area contributed by atoms with E-state index in [-0.39, 0.29) is 11.7 Å². The van der Waals surface area contributed by atoms with Gasteiger partial charge in [-0.1, -0.05) is 12.1 Å². The molecule has 0 fully saturated rings. The van der Waals surface area contributed by atoms with Crippen molar-refractivity contribution in [3.8, 4) is 5.75 Å². The van der Waals surface area contributed by atoms with Crippen molar-refractivity contribution in [2.45, 2.75) is 18.7 Å². The fraction of sp³-hybridized carbons (Fsp3) is 0.222. The zero-order chi connectivity index (χ0) is 16.7. The van der Waals surface area contributed by atoms with Gasteiger partial charge in [0.05, 0.1) is 12.2 Å². The van der Waals surface area contributed by atoms with Gasteiger partial charge in [-0.15, -0.1) is 11.8 Å². The molecule has 23 heavy (non-hydrogen) atoms. The molecular weight excluding hydrogens is 310 g/mol. The number of ether oxygens (including phenoxy) is 1. The Kier molecular flexibility index (Phi) is 6.23. The largest absolute Gasteiger partial charge is 0.492 e. The minimum Gasteiger partial charge on any atom is -0.492 e. The van der Waals surface area contributed by atoms with Crippen molar-refractivity contribution in [1.82, 2.24) is 0 Å². The van der Waals surface area contributed by atoms with Crippen LogP contribution in [0.1, 0.15) is 24.2 Å². The number of thioether (sulfide) groups is 1. The summed E-state index contributed by atoms with van der Waals surface area (Å²) in [5.41, 5.74) is 1.39. The van der Waals surface area contributed by atoms with Gasteiger partial charge >= 0.3 is 0 Å². The van der Waals surface area contributed by atoms with Crippen molar-refractivity contribution in [3.63, 3.8) is 0 Å². The summed E-state index contributed by atoms with van der Waals surface area (Å²) in [7, 11) is 0. The van der Waals surface area contributed by atoms with Crippen molar-refractivity contribution in [1.29, 1.82) is 0 Å². The lowest BCUT2D eigenvalue weighted by molar-refractivity contribution is -0.114. The topological polar surface area (TPSA) is 55.4 Å². The summed E-state index contributed by atoms with van der Waals surface area (Å²) < 4.78 is 5.70. The zero-order valence-electron chi connectivity index (χ0n) is 13.2. The van der Waals surface area contributed by atoms with Gasteiger partial charge in [0, 0.05) is 23.3 Å². The van der Waals surface area contributed by atoms with Crippen molar-refractivity contribution in [3.05, 3.63) is 54.1 Å². The van der Waals surface area contributed by atoms with Crippen LogP contribution in [0.2, 0.25) is 0 Å². The number of ketones is 1. The SMILES string of the molecule is CC(=O)Nc1ccc(SCCOc2ccccc2C(C)=O)cc1. The third-order valence-electron chi connectivity index (χ3n) is 3.05. The average molecular weight is 329 g/mol. The molecular formula is C18H19NO3S. The molecule has 5 heteroatoms. The number of anilines is 1. The monoisotopic (exact) mass is 329 g/mol. The molecule has 0 aliphatic rings. The third kappa shape index (κ3) is 5.45. The molecule has 0 aliphatic carbocycles. The minimum atomic E-state index is -0.0806. The van der Waals surface area contributed by atoms with Crippen molar-refractivity contribution >= 4 is 29.1 Å². The molecule has 0 saturated carbocycles. The van der Waals surface area contributed by atoms with E-state index in [1.807, 2.05) is 42.5 Å². The van der Waals surface area contributed by atoms with Gasteiger partial charge < -0.3 is 10.1 Å². The van der Waals surface area contributed by atoms with Crippen LogP contribution in [0.5, 0.6) is 5.75 Å². The molecule has 0 aliphatic heterocycles. The molecule has 2 rings (SSSR count). The number of hydrogen-bond donors (Lipinski definition) is 1. The molecule has 0 unspecified atom stereocenters. The maximum Gasteiger partial charge on any atom is 0.221 e. The number of hydrogen-bond acceptors (Lipinski definition) is 4. The Hall–Kier alpha value is -2.27. The second-order valence-corrected chi connectivity index (χ2v) is 6.12. The summed E-state index contributed by atoms with van der Waals surface area (Å²) >= 11 is 1.66. The van der Waals surface area contributed by atoms with E-state index in [1.54, 1.807) is 17.8 Å². The Morgan fingerprint density at radius 1 is 1.04 bits per heavy atom. The van der Waals surface area contributed by atoms with Crippen LogP contribution in [0, 0.1) is 0 Å². The number of carbonyl (C=O) groups is 2. The number of nitrogens with one attached hydrogen (secondary N) is 1. The Bertz CT molecular complexity index is 683. The molecule has 120 valence electrons. The highest BCUT2D eigenvalue weighted by molar-refractivity contribution is 7.99. The van der Waals surface area contributed by atoms with Gasteiger partial charge in [-0.05, 0) is 43.3 Å². The average Bonchev–Trinajstić information content (AvgIpc) is 2.53. The molecule has 0 saturated heterocycles. The molecule has 1 amide bonds. The van der Waals surface area contributed by atoms with Gasteiger partial charge in [0.1, 0.15) is 5.75 Å². The predicted molar refractivity (Wildman–Crippen MR) is 93.4 cm³/mol. The third-order valence-corrected chi connectivity index (χ3v) is 4.03. The Morgan fingerprint density at radius 3 is 2.39 bits per heavy atom. The minimum absolute atomic E-state index is 0.00168. The predicted octanol–water partition coefficient (Wildman–Crippen LogP) is 4.02. The quantitative estimate of drug-likeness (QED) is 0.473. The highest BCUT2D eigenvalue weighted by Gasteiger charge is 2.07. The van der Waals surface area contributed by atoms with Crippen LogP contribution >= 0.6 is 11.8 Å². The van der Waals surface area contributed by atoms with Gasteiger partial charge in [0.25, 0.3) is 0 Å². The Labute approximate surface area is 140 Å². The van der Waals surface area contributed by atoms with Gasteiger partial charge in [-0.25, -0.2) is 0 Å². The van der Waals surface area contributed by atoms with Gasteiger partial charge in [0.2, 0.25) is 5.91 Å². The highest BCUT2D eigenvalue weighted by Crippen LogP contribution is 2.22. The molecule has 1 N–H and O–H groups in total. The lowest BCUT2D eigenvalue weighted by Gasteiger charge is -2.09. The van der Waals surface area contributed by atoms with Crippen LogP contribution in [0.25, 0.3) is 0 Å². The summed E-state index contributed by atoms with van der Waals surface area (Å²) in [4.78, 5) is 23.6. The van der Waals surface area contributed by atoms with Crippen molar-refractivity contribution < 1.29 is 14.3 Å². The van der Waals surface area contributed by atoms with Crippen LogP contribution < -0.4 is 10.1 Å². The summed E-state index contributed by atoms with van der Waals surface area (Å²) in [5, 5.41) is 2.73. The lowest BCUT2D eigenvalue weighted by atomic mass is 10.1. The first-order valence-corrected chi connectivity index (χ1v) is 8.28. The van der Waals surface area contributed by atoms with E-state index in [0.29, 0.717) is 17.9 Å². The number of benzene rings is 2. The van der Waals surface area contributed by atoms with Crippen molar-refractivity contribution in [2.24, 2.45) is 0 Å². The van der Waals surface area contributed by atoms with E-state index in [0.717, 1.165) is 16.3 Å². The van der Waals surface area contributed by atoms with Gasteiger partial charge in [0.15, 0.2) is 5.78 Å². The standard InChI is InChI=1S/C18H19NO3S/c1-13(20)17-5-3-4-6-18(17)22-11-12-23-16-9-7-15(8-10-16)19-14(2)21/h3-10H,11-12H2,1-2H3,(H,19,21). The first kappa shape index (κ1) is 17.1. The zero-order valence-corrected chi connectivity index (χ0v) is 14.0. The second-order valence-electron chi connectivity index (χ2n) is 4.95. The lowest BCUT2D eigenvalue weighted by Crippen LogP contribution is -2.05. The molecule has 0 atom stereocenters. The molecule has 2 aromatic rings. The second kappa shape index (κ2) is 8.39. The number of para-hydroxylation sites is 1. The van der Waals surface area contributed by atoms with Crippen LogP contribution in [0.4, 0.5) is 5.69 Å². The van der Waals surface area contributed by atoms with E-state index in [1.165, 1.54) is 13.8 Å². The summed E-state index contributed by atoms with van der Waals surface area (Å²) in [5.74, 6) is 1.32. The van der Waals surface area contributed by atoms with E-state index in [9.17, 15) is 9.59 Å². The Balaban J connectivity index is 1.82. The number of Topliss-reactive ketones (excluding diaryl/α,β-unsaturated/α-hetero) is 1. The number of rotatable bonds is 7. The van der Waals surface area contributed by atoms with Crippen LogP contribution in [0.3, 0.4) is 0 Å². The van der Waals surface area contributed by atoms with Crippen LogP contribution in [-0.2, 0) is 4.79 Å². The molecule has 0 spiro atoms. The van der Waals surface area contributed by atoms with E-state index < -0.39 is 0 Å². The van der Waals surface area contributed by atoms with Crippen molar-refractivity contribution in [2.75, 3.05) is 17.7 Å². The van der Waals surface area contributed by atoms with E-state index >= 15 is 0 Å². The van der Waals surface area contributed by atoms with E-state index in [4.69, 9.17) is 4.74 Å². The fourth-order valence-corrected chi connectivity index (χ4v) is 2.76. The number of carbonyl (C=O) groups excluding carboxylic acids is 2. The first-order chi connectivity index (χ1) is 11.1. The molecule has 2 aromatic carbocycles. The normalized spacial score (nSPS) is 10.2. The van der Waals surface area contributed by atoms with Crippen LogP contribution in [0.15, 0.2) is 53.4 Å². The molecule has 0 heterocycles. The Morgan fingerprint density at radius 2 is 1.74 bits per heavy atom. The molecule has 4 nitrogen and oxygen atoms in total. The first-order valence-electron chi connectivity index (χ1n) is 7.29. The summed E-state index contributed by atoms with van der Waals surface area (Å²) in [6.07, 6.45) is 0. The highest BCUT2D eigenvalue weighted by atomic mass is 32.2. The van der Waals surface area contributed by atoms with Crippen LogP contribution in [-0.4, -0.2) is 24.1 Å². The smallest absolute Gasteiger partial charge is 0.221 e. The summed E-state index contributed by atoms with van der Waals surface area (Å²) in [6.45, 7) is 3.54. The van der Waals surface area contributed by atoms with Gasteiger partial charge in [-0.2, -0.15) is 0 Å². The van der Waals surface area contributed by atoms with E-state index in [2.05, 4.69) is 5.32 Å². The fourth-order valence-electron chi connectivity index (χ4n) is 2.03. The maximum atomic E-state index is 11.5. The molecule has 0 radical (unpaired) electrons. The van der Waals surface area contributed by atoms with Gasteiger partial charge in [-0.3, -0.25) is 9.59 Å². The molecule has 0 bridgehead atoms. The number of amides is 1. The molecule has 0 aromatic heterocycles.